The van der Waals surface area contributed by atoms with Gasteiger partial charge in [0.1, 0.15) is 0 Å². The summed E-state index contributed by atoms with van der Waals surface area (Å²) in [6.45, 7) is 4.05. The molecule has 3 N–H and O–H groups in total. The molecule has 0 aliphatic carbocycles. The van der Waals surface area contributed by atoms with Crippen LogP contribution in [0.2, 0.25) is 5.02 Å². The van der Waals surface area contributed by atoms with E-state index in [1.54, 1.807) is 19.9 Å². The number of rotatable bonds is 4. The average Bonchev–Trinajstić information content (AvgIpc) is 2.14. The monoisotopic (exact) mass is 242 g/mol. The molecule has 0 saturated heterocycles. The van der Waals surface area contributed by atoms with Gasteiger partial charge in [-0.3, -0.25) is 0 Å². The SMILES string of the molecule is CC(C)(CNc1ccccc1Cl)NC(=O)O. The third-order valence-corrected chi connectivity index (χ3v) is 2.37. The minimum atomic E-state index is -1.04. The van der Waals surface area contributed by atoms with Gasteiger partial charge < -0.3 is 15.7 Å². The van der Waals surface area contributed by atoms with E-state index in [0.717, 1.165) is 5.69 Å². The second-order valence-electron chi connectivity index (χ2n) is 4.15. The highest BCUT2D eigenvalue weighted by Crippen LogP contribution is 2.20. The van der Waals surface area contributed by atoms with Crippen molar-refractivity contribution in [3.05, 3.63) is 29.3 Å². The summed E-state index contributed by atoms with van der Waals surface area (Å²) in [5.74, 6) is 0. The third kappa shape index (κ3) is 3.98. The Morgan fingerprint density at radius 3 is 2.62 bits per heavy atom. The minimum Gasteiger partial charge on any atom is -0.465 e. The van der Waals surface area contributed by atoms with Gasteiger partial charge >= 0.3 is 6.09 Å². The molecule has 0 atom stereocenters. The summed E-state index contributed by atoms with van der Waals surface area (Å²) in [7, 11) is 0. The Balaban J connectivity index is 2.57. The second kappa shape index (κ2) is 5.07. The standard InChI is InChI=1S/C11H15ClN2O2/c1-11(2,14-10(15)16)7-13-9-6-4-3-5-8(9)12/h3-6,13-14H,7H2,1-2H3,(H,15,16). The molecular weight excluding hydrogens is 228 g/mol. The van der Waals surface area contributed by atoms with Crippen molar-refractivity contribution < 1.29 is 9.90 Å². The lowest BCUT2D eigenvalue weighted by molar-refractivity contribution is 0.183. The van der Waals surface area contributed by atoms with E-state index in [4.69, 9.17) is 16.7 Å². The van der Waals surface area contributed by atoms with E-state index in [1.165, 1.54) is 0 Å². The van der Waals surface area contributed by atoms with Crippen molar-refractivity contribution in [2.45, 2.75) is 19.4 Å². The molecule has 0 aromatic heterocycles. The van der Waals surface area contributed by atoms with Crippen molar-refractivity contribution >= 4 is 23.4 Å². The first-order valence-electron chi connectivity index (χ1n) is 4.90. The molecule has 0 aliphatic heterocycles. The zero-order valence-electron chi connectivity index (χ0n) is 9.25. The highest BCUT2D eigenvalue weighted by molar-refractivity contribution is 6.33. The van der Waals surface area contributed by atoms with E-state index >= 15 is 0 Å². The molecule has 5 heteroatoms. The Kier molecular flexibility index (Phi) is 4.01. The Bertz CT molecular complexity index is 380. The fourth-order valence-electron chi connectivity index (χ4n) is 1.25. The summed E-state index contributed by atoms with van der Waals surface area (Å²) in [6, 6.07) is 7.33. The fraction of sp³-hybridized carbons (Fsp3) is 0.364. The molecule has 1 aromatic rings. The number of hydrogen-bond acceptors (Lipinski definition) is 2. The lowest BCUT2D eigenvalue weighted by atomic mass is 10.1. The van der Waals surface area contributed by atoms with Gasteiger partial charge in [-0.1, -0.05) is 23.7 Å². The van der Waals surface area contributed by atoms with Crippen molar-refractivity contribution in [2.24, 2.45) is 0 Å². The minimum absolute atomic E-state index is 0.461. The predicted octanol–water partition coefficient (Wildman–Crippen LogP) is 2.80. The molecule has 0 unspecified atom stereocenters. The van der Waals surface area contributed by atoms with Gasteiger partial charge in [0, 0.05) is 6.54 Å². The van der Waals surface area contributed by atoms with Gasteiger partial charge in [-0.15, -0.1) is 0 Å². The second-order valence-corrected chi connectivity index (χ2v) is 4.55. The summed E-state index contributed by atoms with van der Waals surface area (Å²) < 4.78 is 0. The van der Waals surface area contributed by atoms with Crippen LogP contribution in [0, 0.1) is 0 Å². The van der Waals surface area contributed by atoms with E-state index in [-0.39, 0.29) is 0 Å². The number of benzene rings is 1. The number of halogens is 1. The first-order valence-corrected chi connectivity index (χ1v) is 5.28. The Morgan fingerprint density at radius 1 is 1.44 bits per heavy atom. The van der Waals surface area contributed by atoms with Gasteiger partial charge in [0.15, 0.2) is 0 Å². The summed E-state index contributed by atoms with van der Waals surface area (Å²) in [6.07, 6.45) is -1.04. The summed E-state index contributed by atoms with van der Waals surface area (Å²) in [4.78, 5) is 10.5. The average molecular weight is 243 g/mol. The first-order chi connectivity index (χ1) is 7.41. The molecule has 0 aliphatic rings. The van der Waals surface area contributed by atoms with Crippen LogP contribution in [0.3, 0.4) is 0 Å². The molecular formula is C11H15ClN2O2. The smallest absolute Gasteiger partial charge is 0.405 e. The van der Waals surface area contributed by atoms with Crippen LogP contribution in [0.25, 0.3) is 0 Å². The van der Waals surface area contributed by atoms with E-state index in [2.05, 4.69) is 10.6 Å². The molecule has 4 nitrogen and oxygen atoms in total. The van der Waals surface area contributed by atoms with Crippen LogP contribution in [0.4, 0.5) is 10.5 Å². The largest absolute Gasteiger partial charge is 0.465 e. The Morgan fingerprint density at radius 2 is 2.06 bits per heavy atom. The van der Waals surface area contributed by atoms with Crippen LogP contribution in [0.5, 0.6) is 0 Å². The fourth-order valence-corrected chi connectivity index (χ4v) is 1.46. The van der Waals surface area contributed by atoms with Crippen molar-refractivity contribution in [1.29, 1.82) is 0 Å². The first kappa shape index (κ1) is 12.6. The zero-order chi connectivity index (χ0) is 12.2. The van der Waals surface area contributed by atoms with Gasteiger partial charge in [0.2, 0.25) is 0 Å². The molecule has 0 spiro atoms. The van der Waals surface area contributed by atoms with Crippen molar-refractivity contribution in [3.63, 3.8) is 0 Å². The predicted molar refractivity (Wildman–Crippen MR) is 65.2 cm³/mol. The third-order valence-electron chi connectivity index (χ3n) is 2.04. The van der Waals surface area contributed by atoms with Crippen LogP contribution < -0.4 is 10.6 Å². The van der Waals surface area contributed by atoms with Crippen molar-refractivity contribution in [2.75, 3.05) is 11.9 Å². The normalized spacial score (nSPS) is 10.9. The highest BCUT2D eigenvalue weighted by atomic mass is 35.5. The Labute approximate surface area is 99.6 Å². The number of anilines is 1. The van der Waals surface area contributed by atoms with E-state index in [9.17, 15) is 4.79 Å². The summed E-state index contributed by atoms with van der Waals surface area (Å²) >= 11 is 5.96. The van der Waals surface area contributed by atoms with E-state index in [0.29, 0.717) is 11.6 Å². The van der Waals surface area contributed by atoms with Gasteiger partial charge in [0.25, 0.3) is 0 Å². The highest BCUT2D eigenvalue weighted by Gasteiger charge is 2.19. The number of para-hydroxylation sites is 1. The molecule has 16 heavy (non-hydrogen) atoms. The number of carboxylic acid groups (broad SMARTS) is 1. The number of nitrogens with one attached hydrogen (secondary N) is 2. The maximum atomic E-state index is 10.5. The molecule has 0 saturated carbocycles. The van der Waals surface area contributed by atoms with Crippen LogP contribution in [0.15, 0.2) is 24.3 Å². The van der Waals surface area contributed by atoms with Crippen molar-refractivity contribution in [1.82, 2.24) is 5.32 Å². The van der Waals surface area contributed by atoms with Crippen LogP contribution >= 0.6 is 11.6 Å². The van der Waals surface area contributed by atoms with Crippen LogP contribution in [0.1, 0.15) is 13.8 Å². The molecule has 1 rings (SSSR count). The van der Waals surface area contributed by atoms with Gasteiger partial charge in [-0.2, -0.15) is 0 Å². The number of carbonyl (C=O) groups is 1. The van der Waals surface area contributed by atoms with Gasteiger partial charge in [-0.05, 0) is 26.0 Å². The molecule has 0 fully saturated rings. The lowest BCUT2D eigenvalue weighted by Crippen LogP contribution is -2.47. The van der Waals surface area contributed by atoms with Crippen LogP contribution in [-0.4, -0.2) is 23.3 Å². The topological polar surface area (TPSA) is 61.4 Å². The van der Waals surface area contributed by atoms with E-state index < -0.39 is 11.6 Å². The zero-order valence-corrected chi connectivity index (χ0v) is 10.0. The number of hydrogen-bond donors (Lipinski definition) is 3. The molecule has 0 bridgehead atoms. The molecule has 1 aromatic carbocycles. The molecule has 0 heterocycles. The Hall–Kier alpha value is -1.42. The van der Waals surface area contributed by atoms with Gasteiger partial charge in [-0.25, -0.2) is 4.79 Å². The summed E-state index contributed by atoms with van der Waals surface area (Å²) in [5.41, 5.74) is 0.245. The summed E-state index contributed by atoms with van der Waals surface area (Å²) in [5, 5.41) is 14.8. The van der Waals surface area contributed by atoms with Gasteiger partial charge in [0.05, 0.1) is 16.2 Å². The number of amides is 1. The maximum Gasteiger partial charge on any atom is 0.405 e. The quantitative estimate of drug-likeness (QED) is 0.761. The van der Waals surface area contributed by atoms with E-state index in [1.807, 2.05) is 18.2 Å². The van der Waals surface area contributed by atoms with Crippen molar-refractivity contribution in [3.8, 4) is 0 Å². The molecule has 0 radical (unpaired) electrons. The maximum absolute atomic E-state index is 10.5. The van der Waals surface area contributed by atoms with Crippen LogP contribution in [-0.2, 0) is 0 Å². The lowest BCUT2D eigenvalue weighted by Gasteiger charge is -2.25. The molecule has 88 valence electrons. The molecule has 1 amide bonds.